The van der Waals surface area contributed by atoms with E-state index in [1.165, 1.54) is 13.0 Å². The van der Waals surface area contributed by atoms with Crippen LogP contribution in [0.25, 0.3) is 0 Å². The predicted octanol–water partition coefficient (Wildman–Crippen LogP) is 1.79. The quantitative estimate of drug-likeness (QED) is 0.774. The van der Waals surface area contributed by atoms with E-state index in [9.17, 15) is 13.2 Å². The van der Waals surface area contributed by atoms with Gasteiger partial charge < -0.3 is 0 Å². The van der Waals surface area contributed by atoms with Crippen molar-refractivity contribution in [2.75, 3.05) is 11.3 Å². The fourth-order valence-electron chi connectivity index (χ4n) is 1.27. The second-order valence-corrected chi connectivity index (χ2v) is 5.98. The highest BCUT2D eigenvalue weighted by atomic mass is 32.2. The minimum Gasteiger partial charge on any atom is -0.295 e. The molecule has 1 rings (SSSR count). The molecule has 5 nitrogen and oxygen atoms in total. The van der Waals surface area contributed by atoms with Crippen molar-refractivity contribution in [2.24, 2.45) is 5.92 Å². The molecule has 0 atom stereocenters. The molecule has 0 saturated heterocycles. The third-order valence-corrected chi connectivity index (χ3v) is 3.25. The van der Waals surface area contributed by atoms with Crippen molar-refractivity contribution >= 4 is 21.7 Å². The molecular weight excluding hydrogens is 252 g/mol. The Morgan fingerprint density at radius 1 is 1.33 bits per heavy atom. The lowest BCUT2D eigenvalue weighted by Gasteiger charge is -2.11. The van der Waals surface area contributed by atoms with Crippen molar-refractivity contribution in [2.45, 2.75) is 20.8 Å². The molecule has 0 saturated carbocycles. The first-order valence-corrected chi connectivity index (χ1v) is 7.17. The third-order valence-electron chi connectivity index (χ3n) is 2.20. The van der Waals surface area contributed by atoms with E-state index in [2.05, 4.69) is 9.44 Å². The summed E-state index contributed by atoms with van der Waals surface area (Å²) in [7, 11) is -3.58. The van der Waals surface area contributed by atoms with Gasteiger partial charge in [0.05, 0.1) is 5.69 Å². The average Bonchev–Trinajstić information content (AvgIpc) is 2.26. The van der Waals surface area contributed by atoms with E-state index in [4.69, 9.17) is 0 Å². The average molecular weight is 270 g/mol. The molecule has 18 heavy (non-hydrogen) atoms. The molecule has 0 radical (unpaired) electrons. The molecule has 100 valence electrons. The van der Waals surface area contributed by atoms with Gasteiger partial charge in [-0.3, -0.25) is 9.52 Å². The Balaban J connectivity index is 2.78. The van der Waals surface area contributed by atoms with Gasteiger partial charge >= 0.3 is 0 Å². The fourth-order valence-corrected chi connectivity index (χ4v) is 2.33. The van der Waals surface area contributed by atoms with Crippen LogP contribution in [-0.4, -0.2) is 20.7 Å². The van der Waals surface area contributed by atoms with E-state index in [1.54, 1.807) is 18.2 Å². The highest BCUT2D eigenvalue weighted by molar-refractivity contribution is 7.90. The van der Waals surface area contributed by atoms with E-state index < -0.39 is 10.2 Å². The maximum Gasteiger partial charge on any atom is 0.299 e. The number of hydrogen-bond donors (Lipinski definition) is 2. The van der Waals surface area contributed by atoms with Gasteiger partial charge in [-0.15, -0.1) is 0 Å². The largest absolute Gasteiger partial charge is 0.299 e. The normalized spacial score (nSPS) is 11.6. The number of carbonyl (C=O) groups excluding carboxylic acids is 1. The van der Waals surface area contributed by atoms with Gasteiger partial charge in [-0.05, 0) is 25.0 Å². The molecule has 1 aromatic carbocycles. The molecule has 6 heteroatoms. The number of benzene rings is 1. The van der Waals surface area contributed by atoms with Gasteiger partial charge in [0.1, 0.15) is 0 Å². The molecular formula is C12H18N2O3S. The van der Waals surface area contributed by atoms with Crippen LogP contribution in [0.4, 0.5) is 5.69 Å². The zero-order chi connectivity index (χ0) is 13.8. The summed E-state index contributed by atoms with van der Waals surface area (Å²) in [5, 5.41) is 0. The lowest BCUT2D eigenvalue weighted by atomic mass is 10.1. The molecule has 0 aliphatic rings. The van der Waals surface area contributed by atoms with Crippen LogP contribution in [0.3, 0.4) is 0 Å². The zero-order valence-corrected chi connectivity index (χ0v) is 11.5. The van der Waals surface area contributed by atoms with Crippen molar-refractivity contribution in [1.29, 1.82) is 0 Å². The van der Waals surface area contributed by atoms with Crippen molar-refractivity contribution in [1.82, 2.24) is 4.72 Å². The number of anilines is 1. The number of carbonyl (C=O) groups is 1. The van der Waals surface area contributed by atoms with Crippen LogP contribution in [0.2, 0.25) is 0 Å². The van der Waals surface area contributed by atoms with Crippen LogP contribution >= 0.6 is 0 Å². The molecule has 0 heterocycles. The lowest BCUT2D eigenvalue weighted by molar-refractivity contribution is 0.101. The summed E-state index contributed by atoms with van der Waals surface area (Å²) in [6.07, 6.45) is 0. The number of ketones is 1. The van der Waals surface area contributed by atoms with Gasteiger partial charge in [-0.1, -0.05) is 26.0 Å². The zero-order valence-electron chi connectivity index (χ0n) is 10.7. The second kappa shape index (κ2) is 5.97. The van der Waals surface area contributed by atoms with Gasteiger partial charge in [0.2, 0.25) is 0 Å². The van der Waals surface area contributed by atoms with E-state index in [1.807, 2.05) is 13.8 Å². The Kier molecular flexibility index (Phi) is 4.86. The van der Waals surface area contributed by atoms with E-state index >= 15 is 0 Å². The van der Waals surface area contributed by atoms with Crippen molar-refractivity contribution in [3.8, 4) is 0 Å². The third kappa shape index (κ3) is 4.85. The smallest absolute Gasteiger partial charge is 0.295 e. The first-order chi connectivity index (χ1) is 8.30. The fraction of sp³-hybridized carbons (Fsp3) is 0.417. The number of rotatable bonds is 6. The monoisotopic (exact) mass is 270 g/mol. The molecule has 0 spiro atoms. The van der Waals surface area contributed by atoms with Gasteiger partial charge in [-0.25, -0.2) is 0 Å². The first-order valence-electron chi connectivity index (χ1n) is 5.68. The van der Waals surface area contributed by atoms with E-state index in [-0.39, 0.29) is 11.7 Å². The molecule has 0 unspecified atom stereocenters. The Morgan fingerprint density at radius 3 is 2.56 bits per heavy atom. The summed E-state index contributed by atoms with van der Waals surface area (Å²) >= 11 is 0. The summed E-state index contributed by atoms with van der Waals surface area (Å²) in [6, 6.07) is 6.39. The van der Waals surface area contributed by atoms with Crippen molar-refractivity contribution < 1.29 is 13.2 Å². The van der Waals surface area contributed by atoms with Gasteiger partial charge in [0.25, 0.3) is 10.2 Å². The molecule has 1 aromatic rings. The summed E-state index contributed by atoms with van der Waals surface area (Å²) < 4.78 is 28.2. The maximum absolute atomic E-state index is 11.7. The van der Waals surface area contributed by atoms with Crippen molar-refractivity contribution in [3.63, 3.8) is 0 Å². The highest BCUT2D eigenvalue weighted by Gasteiger charge is 2.10. The Hall–Kier alpha value is -1.40. The topological polar surface area (TPSA) is 75.3 Å². The molecule has 0 fully saturated rings. The highest BCUT2D eigenvalue weighted by Crippen LogP contribution is 2.12. The lowest BCUT2D eigenvalue weighted by Crippen LogP contribution is -2.32. The Bertz CT molecular complexity index is 524. The molecule has 0 aliphatic carbocycles. The maximum atomic E-state index is 11.7. The molecule has 2 N–H and O–H groups in total. The number of nitrogens with one attached hydrogen (secondary N) is 2. The van der Waals surface area contributed by atoms with Crippen molar-refractivity contribution in [3.05, 3.63) is 29.8 Å². The SMILES string of the molecule is CC(=O)c1cccc(NS(=O)(=O)NCC(C)C)c1. The number of hydrogen-bond acceptors (Lipinski definition) is 3. The van der Waals surface area contributed by atoms with Crippen LogP contribution < -0.4 is 9.44 Å². The summed E-state index contributed by atoms with van der Waals surface area (Å²) in [6.45, 7) is 5.63. The van der Waals surface area contributed by atoms with Crippen LogP contribution in [0.5, 0.6) is 0 Å². The van der Waals surface area contributed by atoms with E-state index in [0.29, 0.717) is 17.8 Å². The predicted molar refractivity (Wildman–Crippen MR) is 71.8 cm³/mol. The van der Waals surface area contributed by atoms with Crippen LogP contribution in [-0.2, 0) is 10.2 Å². The summed E-state index contributed by atoms with van der Waals surface area (Å²) in [4.78, 5) is 11.2. The Labute approximate surface area is 108 Å². The molecule has 0 amide bonds. The molecule has 0 aromatic heterocycles. The van der Waals surface area contributed by atoms with Gasteiger partial charge in [0.15, 0.2) is 5.78 Å². The second-order valence-electron chi connectivity index (χ2n) is 4.48. The minimum atomic E-state index is -3.58. The first kappa shape index (κ1) is 14.7. The van der Waals surface area contributed by atoms with Crippen LogP contribution in [0.15, 0.2) is 24.3 Å². The summed E-state index contributed by atoms with van der Waals surface area (Å²) in [5.74, 6) is 0.122. The molecule has 0 aliphatic heterocycles. The van der Waals surface area contributed by atoms with Gasteiger partial charge in [0, 0.05) is 12.1 Å². The van der Waals surface area contributed by atoms with Crippen LogP contribution in [0, 0.1) is 5.92 Å². The minimum absolute atomic E-state index is 0.105. The van der Waals surface area contributed by atoms with Gasteiger partial charge in [-0.2, -0.15) is 13.1 Å². The summed E-state index contributed by atoms with van der Waals surface area (Å²) in [5.41, 5.74) is 0.845. The van der Waals surface area contributed by atoms with E-state index in [0.717, 1.165) is 0 Å². The molecule has 0 bridgehead atoms. The standard InChI is InChI=1S/C12H18N2O3S/c1-9(2)8-13-18(16,17)14-12-6-4-5-11(7-12)10(3)15/h4-7,9,13-14H,8H2,1-3H3. The van der Waals surface area contributed by atoms with Crippen LogP contribution in [0.1, 0.15) is 31.1 Å². The Morgan fingerprint density at radius 2 is 2.00 bits per heavy atom. The number of Topliss-reactive ketones (excluding diaryl/α,β-unsaturated/α-hetero) is 1.